The summed E-state index contributed by atoms with van der Waals surface area (Å²) in [5.74, 6) is 0. The summed E-state index contributed by atoms with van der Waals surface area (Å²) in [4.78, 5) is 10.3. The van der Waals surface area contributed by atoms with E-state index in [0.29, 0.717) is 6.61 Å². The van der Waals surface area contributed by atoms with Crippen LogP contribution >= 0.6 is 11.6 Å². The van der Waals surface area contributed by atoms with Crippen LogP contribution in [0.1, 0.15) is 31.7 Å². The van der Waals surface area contributed by atoms with Gasteiger partial charge in [0.1, 0.15) is 6.10 Å². The Kier molecular flexibility index (Phi) is 6.12. The van der Waals surface area contributed by atoms with Crippen LogP contribution in [0.4, 0.5) is 0 Å². The van der Waals surface area contributed by atoms with E-state index in [9.17, 15) is 0 Å². The third kappa shape index (κ3) is 4.23. The van der Waals surface area contributed by atoms with Crippen LogP contribution < -0.4 is 0 Å². The van der Waals surface area contributed by atoms with Crippen molar-refractivity contribution in [1.82, 2.24) is 14.6 Å². The molecule has 2 unspecified atom stereocenters. The maximum atomic E-state index is 6.13. The van der Waals surface area contributed by atoms with Gasteiger partial charge in [0.2, 0.25) is 0 Å². The fourth-order valence-corrected chi connectivity index (χ4v) is 3.54. The van der Waals surface area contributed by atoms with Crippen molar-refractivity contribution in [3.8, 4) is 0 Å². The smallest absolute Gasteiger partial charge is 0.105 e. The van der Waals surface area contributed by atoms with E-state index in [1.165, 1.54) is 5.56 Å². The largest absolute Gasteiger partial charge is 0.379 e. The number of unbranched alkanes of at least 4 members (excludes halogenated alkanes) is 1. The van der Waals surface area contributed by atoms with Gasteiger partial charge in [0.25, 0.3) is 0 Å². The first-order valence-electron chi connectivity index (χ1n) is 8.84. The highest BCUT2D eigenvalue weighted by atomic mass is 35.5. The van der Waals surface area contributed by atoms with Crippen molar-refractivity contribution in [2.24, 2.45) is 0 Å². The van der Waals surface area contributed by atoms with Gasteiger partial charge in [-0.05, 0) is 24.1 Å². The second kappa shape index (κ2) is 8.32. The van der Waals surface area contributed by atoms with Gasteiger partial charge in [0.15, 0.2) is 0 Å². The minimum atomic E-state index is -0.274. The van der Waals surface area contributed by atoms with Gasteiger partial charge in [-0.1, -0.05) is 37.1 Å². The molecule has 1 saturated heterocycles. The lowest BCUT2D eigenvalue weighted by Crippen LogP contribution is -2.41. The maximum Gasteiger partial charge on any atom is 0.105 e. The molecule has 5 nitrogen and oxygen atoms in total. The zero-order chi connectivity index (χ0) is 17.7. The zero-order valence-corrected chi connectivity index (χ0v) is 15.7. The normalized spacial score (nSPS) is 24.0. The first kappa shape index (κ1) is 18.4. The summed E-state index contributed by atoms with van der Waals surface area (Å²) in [7, 11) is 2.00. The number of rotatable bonds is 8. The molecule has 2 aromatic rings. The number of hydrogen-bond donors (Lipinski definition) is 0. The second-order valence-corrected chi connectivity index (χ2v) is 7.07. The lowest BCUT2D eigenvalue weighted by Gasteiger charge is -2.35. The third-order valence-corrected chi connectivity index (χ3v) is 5.06. The highest BCUT2D eigenvalue weighted by Crippen LogP contribution is 2.41. The molecule has 0 radical (unpaired) electrons. The van der Waals surface area contributed by atoms with E-state index in [-0.39, 0.29) is 11.6 Å². The molecular weight excluding hydrogens is 338 g/mol. The number of hydrogen-bond acceptors (Lipinski definition) is 4. The lowest BCUT2D eigenvalue weighted by molar-refractivity contribution is -0.184. The Morgan fingerprint density at radius 3 is 2.84 bits per heavy atom. The fourth-order valence-electron chi connectivity index (χ4n) is 3.41. The molecule has 1 aliphatic heterocycles. The topological polar surface area (TPSA) is 39.5 Å². The summed E-state index contributed by atoms with van der Waals surface area (Å²) in [6.45, 7) is 4.33. The van der Waals surface area contributed by atoms with E-state index in [1.54, 1.807) is 6.20 Å². The number of halogens is 1. The van der Waals surface area contributed by atoms with Gasteiger partial charge < -0.3 is 9.30 Å². The van der Waals surface area contributed by atoms with Crippen LogP contribution in [0.15, 0.2) is 43.0 Å². The molecule has 3 rings (SSSR count). The molecule has 0 saturated carbocycles. The Labute approximate surface area is 154 Å². The molecule has 0 bridgehead atoms. The minimum absolute atomic E-state index is 0.0426. The average Bonchev–Trinajstić information content (AvgIpc) is 3.21. The van der Waals surface area contributed by atoms with E-state index in [0.717, 1.165) is 37.4 Å². The molecule has 6 heteroatoms. The highest BCUT2D eigenvalue weighted by Gasteiger charge is 2.47. The van der Waals surface area contributed by atoms with Crippen molar-refractivity contribution in [1.29, 1.82) is 0 Å². The van der Waals surface area contributed by atoms with Crippen molar-refractivity contribution >= 4 is 11.6 Å². The highest BCUT2D eigenvalue weighted by molar-refractivity contribution is 6.30. The first-order chi connectivity index (χ1) is 12.1. The number of likely N-dealkylation sites (N-methyl/N-ethyl adjacent to an activating group) is 1. The quantitative estimate of drug-likeness (QED) is 0.667. The zero-order valence-electron chi connectivity index (χ0n) is 14.9. The Balaban J connectivity index is 1.80. The number of ether oxygens (including phenoxy) is 1. The van der Waals surface area contributed by atoms with Crippen molar-refractivity contribution < 1.29 is 9.57 Å². The van der Waals surface area contributed by atoms with Crippen LogP contribution in [-0.2, 0) is 21.7 Å². The SMILES string of the molecule is CCCCOCC1CC(Cn2ccnc2)(c2ccc(Cl)cc2)N(C)O1. The number of nitrogens with zero attached hydrogens (tertiary/aromatic N) is 3. The fraction of sp³-hybridized carbons (Fsp3) is 0.526. The maximum absolute atomic E-state index is 6.13. The molecular formula is C19H26ClN3O2. The molecule has 25 heavy (non-hydrogen) atoms. The van der Waals surface area contributed by atoms with Crippen molar-refractivity contribution in [2.45, 2.75) is 44.4 Å². The molecule has 2 atom stereocenters. The number of hydroxylamine groups is 2. The second-order valence-electron chi connectivity index (χ2n) is 6.63. The molecule has 0 N–H and O–H groups in total. The number of benzene rings is 1. The summed E-state index contributed by atoms with van der Waals surface area (Å²) in [6, 6.07) is 8.04. The lowest BCUT2D eigenvalue weighted by atomic mass is 9.85. The minimum Gasteiger partial charge on any atom is -0.379 e. The Morgan fingerprint density at radius 1 is 1.36 bits per heavy atom. The molecule has 0 amide bonds. The molecule has 2 heterocycles. The summed E-state index contributed by atoms with van der Waals surface area (Å²) in [5.41, 5.74) is 0.911. The molecule has 1 aromatic heterocycles. The van der Waals surface area contributed by atoms with Crippen molar-refractivity contribution in [2.75, 3.05) is 20.3 Å². The van der Waals surface area contributed by atoms with Crippen molar-refractivity contribution in [3.05, 3.63) is 53.6 Å². The summed E-state index contributed by atoms with van der Waals surface area (Å²) in [5, 5.41) is 2.71. The van der Waals surface area contributed by atoms with Crippen LogP contribution in [-0.4, -0.2) is 41.0 Å². The molecule has 136 valence electrons. The molecule has 0 spiro atoms. The van der Waals surface area contributed by atoms with Gasteiger partial charge in [-0.15, -0.1) is 0 Å². The van der Waals surface area contributed by atoms with E-state index < -0.39 is 0 Å². The molecule has 1 fully saturated rings. The standard InChI is InChI=1S/C19H26ClN3O2/c1-3-4-11-24-13-18-12-19(22(2)25-18,14-23-10-9-21-15-23)16-5-7-17(20)8-6-16/h5-10,15,18H,3-4,11-14H2,1-2H3. The summed E-state index contributed by atoms with van der Waals surface area (Å²) >= 11 is 6.09. The Hall–Kier alpha value is -1.40. The third-order valence-electron chi connectivity index (χ3n) is 4.81. The number of imidazole rings is 1. The Bertz CT molecular complexity index is 647. The summed E-state index contributed by atoms with van der Waals surface area (Å²) < 4.78 is 7.89. The van der Waals surface area contributed by atoms with E-state index in [1.807, 2.05) is 36.8 Å². The average molecular weight is 364 g/mol. The van der Waals surface area contributed by atoms with Gasteiger partial charge in [-0.2, -0.15) is 5.06 Å². The molecule has 1 aromatic carbocycles. The van der Waals surface area contributed by atoms with Gasteiger partial charge >= 0.3 is 0 Å². The van der Waals surface area contributed by atoms with Gasteiger partial charge in [-0.25, -0.2) is 4.98 Å². The van der Waals surface area contributed by atoms with Crippen LogP contribution in [0.5, 0.6) is 0 Å². The van der Waals surface area contributed by atoms with E-state index in [4.69, 9.17) is 21.2 Å². The van der Waals surface area contributed by atoms with Crippen molar-refractivity contribution in [3.63, 3.8) is 0 Å². The monoisotopic (exact) mass is 363 g/mol. The first-order valence-corrected chi connectivity index (χ1v) is 9.22. The Morgan fingerprint density at radius 2 is 2.16 bits per heavy atom. The van der Waals surface area contributed by atoms with Crippen LogP contribution in [0.25, 0.3) is 0 Å². The van der Waals surface area contributed by atoms with Crippen LogP contribution in [0.3, 0.4) is 0 Å². The van der Waals surface area contributed by atoms with E-state index in [2.05, 4.69) is 28.6 Å². The van der Waals surface area contributed by atoms with Crippen LogP contribution in [0, 0.1) is 0 Å². The van der Waals surface area contributed by atoms with Gasteiger partial charge in [0.05, 0.1) is 18.5 Å². The number of aromatic nitrogens is 2. The predicted octanol–water partition coefficient (Wildman–Crippen LogP) is 3.88. The van der Waals surface area contributed by atoms with Crippen LogP contribution in [0.2, 0.25) is 5.02 Å². The molecule has 1 aliphatic rings. The molecule has 0 aliphatic carbocycles. The van der Waals surface area contributed by atoms with Gasteiger partial charge in [0, 0.05) is 44.0 Å². The summed E-state index contributed by atoms with van der Waals surface area (Å²) in [6.07, 6.45) is 8.75. The predicted molar refractivity (Wildman–Crippen MR) is 98.3 cm³/mol. The van der Waals surface area contributed by atoms with Gasteiger partial charge in [-0.3, -0.25) is 4.84 Å². The van der Waals surface area contributed by atoms with E-state index >= 15 is 0 Å².